The second kappa shape index (κ2) is 7.95. The minimum atomic E-state index is -0.384. The van der Waals surface area contributed by atoms with Gasteiger partial charge in [0, 0.05) is 17.6 Å². The maximum atomic E-state index is 12.9. The number of hydrogen-bond donors (Lipinski definition) is 1. The summed E-state index contributed by atoms with van der Waals surface area (Å²) >= 11 is 3.17. The van der Waals surface area contributed by atoms with Crippen molar-refractivity contribution in [3.63, 3.8) is 0 Å². The zero-order valence-electron chi connectivity index (χ0n) is 11.3. The first-order valence-corrected chi connectivity index (χ1v) is 7.29. The highest BCUT2D eigenvalue weighted by Gasteiger charge is 2.09. The van der Waals surface area contributed by atoms with Crippen LogP contribution in [0.3, 0.4) is 0 Å². The van der Waals surface area contributed by atoms with E-state index in [-0.39, 0.29) is 11.7 Å². The molecular formula is C15H15BrFNO3. The summed E-state index contributed by atoms with van der Waals surface area (Å²) in [7, 11) is 0. The number of furan rings is 1. The first kappa shape index (κ1) is 15.7. The molecule has 1 N–H and O–H groups in total. The summed E-state index contributed by atoms with van der Waals surface area (Å²) in [5.41, 5.74) is 0.410. The van der Waals surface area contributed by atoms with Crippen LogP contribution < -0.4 is 5.32 Å². The second-order valence-corrected chi connectivity index (χ2v) is 5.22. The number of carbonyl (C=O) groups excluding carboxylic acids is 1. The van der Waals surface area contributed by atoms with Crippen LogP contribution in [0.5, 0.6) is 0 Å². The van der Waals surface area contributed by atoms with Gasteiger partial charge in [-0.2, -0.15) is 0 Å². The van der Waals surface area contributed by atoms with Gasteiger partial charge in [-0.05, 0) is 52.7 Å². The zero-order valence-corrected chi connectivity index (χ0v) is 12.9. The van der Waals surface area contributed by atoms with Crippen LogP contribution in [0.2, 0.25) is 0 Å². The van der Waals surface area contributed by atoms with Crippen molar-refractivity contribution in [1.82, 2.24) is 5.32 Å². The monoisotopic (exact) mass is 355 g/mol. The molecule has 0 radical (unpaired) electrons. The lowest BCUT2D eigenvalue weighted by atomic mass is 10.2. The predicted molar refractivity (Wildman–Crippen MR) is 79.4 cm³/mol. The van der Waals surface area contributed by atoms with E-state index in [1.165, 1.54) is 18.2 Å². The Labute approximate surface area is 130 Å². The van der Waals surface area contributed by atoms with Crippen LogP contribution >= 0.6 is 15.9 Å². The van der Waals surface area contributed by atoms with E-state index in [1.807, 2.05) is 6.07 Å². The van der Waals surface area contributed by atoms with Crippen LogP contribution in [0.25, 0.3) is 0 Å². The van der Waals surface area contributed by atoms with Crippen molar-refractivity contribution in [2.24, 2.45) is 0 Å². The molecule has 2 rings (SSSR count). The van der Waals surface area contributed by atoms with Crippen molar-refractivity contribution in [3.8, 4) is 0 Å². The van der Waals surface area contributed by atoms with E-state index < -0.39 is 0 Å². The van der Waals surface area contributed by atoms with Crippen LogP contribution in [-0.2, 0) is 11.3 Å². The van der Waals surface area contributed by atoms with E-state index in [4.69, 9.17) is 9.15 Å². The lowest BCUT2D eigenvalue weighted by molar-refractivity contribution is 0.0916. The summed E-state index contributed by atoms with van der Waals surface area (Å²) in [6.45, 7) is 1.43. The van der Waals surface area contributed by atoms with Crippen LogP contribution in [0.15, 0.2) is 45.5 Å². The van der Waals surface area contributed by atoms with Crippen LogP contribution in [0.1, 0.15) is 22.5 Å². The predicted octanol–water partition coefficient (Wildman–Crippen LogP) is 3.52. The molecule has 1 aromatic carbocycles. The largest absolute Gasteiger partial charge is 0.467 e. The highest BCUT2D eigenvalue weighted by atomic mass is 79.9. The highest BCUT2D eigenvalue weighted by molar-refractivity contribution is 9.10. The van der Waals surface area contributed by atoms with E-state index in [0.717, 1.165) is 5.76 Å². The van der Waals surface area contributed by atoms with Gasteiger partial charge in [0.05, 0.1) is 11.8 Å². The number of nitrogens with one attached hydrogen (secondary N) is 1. The molecule has 1 aromatic heterocycles. The molecule has 0 aliphatic carbocycles. The van der Waals surface area contributed by atoms with Crippen molar-refractivity contribution in [1.29, 1.82) is 0 Å². The van der Waals surface area contributed by atoms with Gasteiger partial charge in [-0.3, -0.25) is 4.79 Å². The molecule has 0 saturated carbocycles. The number of halogens is 2. The molecule has 0 bridgehead atoms. The average Bonchev–Trinajstić information content (AvgIpc) is 2.95. The van der Waals surface area contributed by atoms with Crippen molar-refractivity contribution >= 4 is 21.8 Å². The molecule has 6 heteroatoms. The van der Waals surface area contributed by atoms with Gasteiger partial charge in [-0.15, -0.1) is 0 Å². The minimum Gasteiger partial charge on any atom is -0.467 e. The maximum absolute atomic E-state index is 12.9. The van der Waals surface area contributed by atoms with Gasteiger partial charge in [-0.25, -0.2) is 4.39 Å². The normalized spacial score (nSPS) is 10.6. The van der Waals surface area contributed by atoms with E-state index in [0.29, 0.717) is 36.2 Å². The fourth-order valence-corrected chi connectivity index (χ4v) is 2.24. The number of amides is 1. The van der Waals surface area contributed by atoms with Crippen molar-refractivity contribution in [2.45, 2.75) is 13.0 Å². The molecule has 1 heterocycles. The Morgan fingerprint density at radius 3 is 2.95 bits per heavy atom. The Morgan fingerprint density at radius 1 is 1.38 bits per heavy atom. The molecule has 0 fully saturated rings. The van der Waals surface area contributed by atoms with Gasteiger partial charge in [0.2, 0.25) is 0 Å². The number of benzene rings is 1. The molecule has 21 heavy (non-hydrogen) atoms. The third-order valence-corrected chi connectivity index (χ3v) is 3.41. The summed E-state index contributed by atoms with van der Waals surface area (Å²) < 4.78 is 23.9. The fraction of sp³-hybridized carbons (Fsp3) is 0.267. The molecule has 0 aliphatic heterocycles. The average molecular weight is 356 g/mol. The highest BCUT2D eigenvalue weighted by Crippen LogP contribution is 2.17. The lowest BCUT2D eigenvalue weighted by Crippen LogP contribution is -2.25. The van der Waals surface area contributed by atoms with Crippen LogP contribution in [-0.4, -0.2) is 19.1 Å². The van der Waals surface area contributed by atoms with Gasteiger partial charge >= 0.3 is 0 Å². The Kier molecular flexibility index (Phi) is 5.95. The number of ether oxygens (including phenoxy) is 1. The summed E-state index contributed by atoms with van der Waals surface area (Å²) in [5, 5.41) is 2.76. The number of rotatable bonds is 7. The third kappa shape index (κ3) is 4.99. The second-order valence-electron chi connectivity index (χ2n) is 4.37. The van der Waals surface area contributed by atoms with E-state index >= 15 is 0 Å². The molecule has 112 valence electrons. The van der Waals surface area contributed by atoms with Crippen molar-refractivity contribution < 1.29 is 18.3 Å². The van der Waals surface area contributed by atoms with Crippen molar-refractivity contribution in [3.05, 3.63) is 58.2 Å². The molecule has 0 spiro atoms. The Morgan fingerprint density at radius 2 is 2.24 bits per heavy atom. The first-order valence-electron chi connectivity index (χ1n) is 6.50. The van der Waals surface area contributed by atoms with Gasteiger partial charge in [0.25, 0.3) is 5.91 Å². The summed E-state index contributed by atoms with van der Waals surface area (Å²) in [6.07, 6.45) is 2.28. The van der Waals surface area contributed by atoms with E-state index in [9.17, 15) is 9.18 Å². The Hall–Kier alpha value is -1.66. The topological polar surface area (TPSA) is 51.5 Å². The zero-order chi connectivity index (χ0) is 15.1. The van der Waals surface area contributed by atoms with Crippen molar-refractivity contribution in [2.75, 3.05) is 13.2 Å². The minimum absolute atomic E-state index is 0.243. The van der Waals surface area contributed by atoms with E-state index in [2.05, 4.69) is 21.2 Å². The molecule has 0 saturated heterocycles. The molecule has 0 unspecified atom stereocenters. The third-order valence-electron chi connectivity index (χ3n) is 2.75. The van der Waals surface area contributed by atoms with Gasteiger partial charge in [0.15, 0.2) is 0 Å². The Bertz CT molecular complexity index is 587. The smallest absolute Gasteiger partial charge is 0.252 e. The van der Waals surface area contributed by atoms with Gasteiger partial charge in [-0.1, -0.05) is 0 Å². The fourth-order valence-electron chi connectivity index (χ4n) is 1.71. The summed E-state index contributed by atoms with van der Waals surface area (Å²) in [6, 6.07) is 7.61. The summed E-state index contributed by atoms with van der Waals surface area (Å²) in [5.74, 6) is 0.145. The maximum Gasteiger partial charge on any atom is 0.252 e. The van der Waals surface area contributed by atoms with Crippen LogP contribution in [0, 0.1) is 5.82 Å². The molecule has 0 atom stereocenters. The van der Waals surface area contributed by atoms with Gasteiger partial charge in [0.1, 0.15) is 18.2 Å². The molecule has 1 amide bonds. The first-order chi connectivity index (χ1) is 10.2. The standard InChI is InChI=1S/C15H15BrFNO3/c16-14-9-11(17)4-5-13(14)15(19)18-6-2-7-20-10-12-3-1-8-21-12/h1,3-5,8-9H,2,6-7,10H2,(H,18,19). The molecule has 2 aromatic rings. The summed E-state index contributed by atoms with van der Waals surface area (Å²) in [4.78, 5) is 11.9. The molecular weight excluding hydrogens is 341 g/mol. The van der Waals surface area contributed by atoms with E-state index in [1.54, 1.807) is 12.3 Å². The SMILES string of the molecule is O=C(NCCCOCc1ccco1)c1ccc(F)cc1Br. The lowest BCUT2D eigenvalue weighted by Gasteiger charge is -2.07. The van der Waals surface area contributed by atoms with Gasteiger partial charge < -0.3 is 14.5 Å². The quantitative estimate of drug-likeness (QED) is 0.773. The molecule has 4 nitrogen and oxygen atoms in total. The number of hydrogen-bond acceptors (Lipinski definition) is 3. The van der Waals surface area contributed by atoms with Crippen LogP contribution in [0.4, 0.5) is 4.39 Å². The Balaban J connectivity index is 1.65. The number of carbonyl (C=O) groups is 1. The molecule has 0 aliphatic rings.